The van der Waals surface area contributed by atoms with Gasteiger partial charge < -0.3 is 9.88 Å². The molecule has 0 heterocycles. The van der Waals surface area contributed by atoms with Gasteiger partial charge in [0.05, 0.1) is 11.0 Å². The van der Waals surface area contributed by atoms with Crippen LogP contribution >= 0.6 is 7.14 Å². The third-order valence-corrected chi connectivity index (χ3v) is 7.94. The molecule has 7 heteroatoms. The van der Waals surface area contributed by atoms with E-state index in [-0.39, 0.29) is 10.6 Å². The lowest BCUT2D eigenvalue weighted by molar-refractivity contribution is 0.414. The van der Waals surface area contributed by atoms with Gasteiger partial charge >= 0.3 is 0 Å². The Labute approximate surface area is 176 Å². The molecule has 0 saturated heterocycles. The van der Waals surface area contributed by atoms with E-state index >= 15 is 4.39 Å². The molecule has 1 N–H and O–H groups in total. The largest absolute Gasteiger partial charge is 0.352 e. The number of halogens is 4. The van der Waals surface area contributed by atoms with Crippen LogP contribution in [0.25, 0.3) is 0 Å². The summed E-state index contributed by atoms with van der Waals surface area (Å²) in [6.45, 7) is 0. The van der Waals surface area contributed by atoms with Crippen molar-refractivity contribution in [2.24, 2.45) is 0 Å². The predicted molar refractivity (Wildman–Crippen MR) is 115 cm³/mol. The van der Waals surface area contributed by atoms with Gasteiger partial charge in [-0.05, 0) is 12.1 Å². The molecule has 4 aromatic rings. The monoisotopic (exact) mass is 441 g/mol. The van der Waals surface area contributed by atoms with Crippen molar-refractivity contribution < 1.29 is 22.1 Å². The third-order valence-electron chi connectivity index (χ3n) is 4.84. The maximum atomic E-state index is 15.3. The Morgan fingerprint density at radius 1 is 0.548 bits per heavy atom. The molecular formula is C24H16F4NOP. The third kappa shape index (κ3) is 3.64. The van der Waals surface area contributed by atoms with Crippen LogP contribution in [0, 0.1) is 23.3 Å². The highest BCUT2D eigenvalue weighted by molar-refractivity contribution is 7.85. The first kappa shape index (κ1) is 20.9. The number of para-hydroxylation sites is 1. The minimum Gasteiger partial charge on any atom is -0.352 e. The van der Waals surface area contributed by atoms with Crippen LogP contribution in [-0.4, -0.2) is 0 Å². The van der Waals surface area contributed by atoms with Crippen LogP contribution < -0.4 is 21.2 Å². The summed E-state index contributed by atoms with van der Waals surface area (Å²) in [5, 5.41) is 2.15. The Balaban J connectivity index is 2.10. The van der Waals surface area contributed by atoms with Gasteiger partial charge in [-0.3, -0.25) is 0 Å². The summed E-state index contributed by atoms with van der Waals surface area (Å²) in [5.41, 5.74) is -0.417. The zero-order valence-corrected chi connectivity index (χ0v) is 16.9. The highest BCUT2D eigenvalue weighted by Gasteiger charge is 2.39. The summed E-state index contributed by atoms with van der Waals surface area (Å²) < 4.78 is 73.4. The van der Waals surface area contributed by atoms with Gasteiger partial charge in [0.25, 0.3) is 0 Å². The molecule has 2 nitrogen and oxygen atoms in total. The van der Waals surface area contributed by atoms with Crippen molar-refractivity contribution in [3.63, 3.8) is 0 Å². The van der Waals surface area contributed by atoms with Gasteiger partial charge in [-0.2, -0.15) is 0 Å². The molecule has 0 aliphatic carbocycles. The van der Waals surface area contributed by atoms with Crippen molar-refractivity contribution in [1.29, 1.82) is 0 Å². The summed E-state index contributed by atoms with van der Waals surface area (Å²) in [6, 6.07) is 23.7. The minimum absolute atomic E-state index is 0.154. The van der Waals surface area contributed by atoms with Gasteiger partial charge in [0.15, 0.2) is 30.4 Å². The number of rotatable bonds is 5. The van der Waals surface area contributed by atoms with Crippen molar-refractivity contribution in [3.8, 4) is 0 Å². The number of hydrogen-bond donors (Lipinski definition) is 1. The zero-order valence-electron chi connectivity index (χ0n) is 16.0. The Hall–Kier alpha value is -3.37. The Morgan fingerprint density at radius 2 is 0.968 bits per heavy atom. The van der Waals surface area contributed by atoms with Gasteiger partial charge in [-0.1, -0.05) is 78.9 Å². The fraction of sp³-hybridized carbons (Fsp3) is 0. The van der Waals surface area contributed by atoms with Gasteiger partial charge in [-0.15, -0.1) is 0 Å². The maximum absolute atomic E-state index is 15.3. The standard InChI is InChI=1S/C24H16F4NOP/c25-19-20(26)22(28)24(23(21(19)27)29-16-10-4-1-5-11-16)31(30,17-12-6-2-7-13-17)18-14-8-3-9-15-18/h1-15,29H. The molecule has 0 spiro atoms. The lowest BCUT2D eigenvalue weighted by Crippen LogP contribution is -2.31. The Kier molecular flexibility index (Phi) is 5.66. The minimum atomic E-state index is -4.15. The van der Waals surface area contributed by atoms with E-state index < -0.39 is 41.4 Å². The van der Waals surface area contributed by atoms with Crippen LogP contribution in [0.4, 0.5) is 28.9 Å². The molecule has 0 atom stereocenters. The first-order valence-electron chi connectivity index (χ1n) is 9.34. The molecule has 0 bridgehead atoms. The molecule has 0 fully saturated rings. The normalized spacial score (nSPS) is 11.4. The van der Waals surface area contributed by atoms with Crippen LogP contribution in [0.5, 0.6) is 0 Å². The van der Waals surface area contributed by atoms with E-state index in [0.717, 1.165) is 0 Å². The van der Waals surface area contributed by atoms with Gasteiger partial charge in [0, 0.05) is 16.3 Å². The van der Waals surface area contributed by atoms with E-state index in [1.807, 2.05) is 0 Å². The Morgan fingerprint density at radius 3 is 1.45 bits per heavy atom. The van der Waals surface area contributed by atoms with Crippen molar-refractivity contribution in [3.05, 3.63) is 114 Å². The second-order valence-corrected chi connectivity index (χ2v) is 9.45. The molecule has 4 aromatic carbocycles. The van der Waals surface area contributed by atoms with E-state index in [0.29, 0.717) is 5.69 Å². The van der Waals surface area contributed by atoms with E-state index in [9.17, 15) is 17.7 Å². The second-order valence-electron chi connectivity index (χ2n) is 6.75. The molecule has 0 amide bonds. The average Bonchev–Trinajstić information content (AvgIpc) is 2.82. The van der Waals surface area contributed by atoms with Gasteiger partial charge in [-0.25, -0.2) is 17.6 Å². The van der Waals surface area contributed by atoms with Crippen LogP contribution in [0.15, 0.2) is 91.0 Å². The first-order valence-corrected chi connectivity index (χ1v) is 11.0. The first-order chi connectivity index (χ1) is 14.9. The van der Waals surface area contributed by atoms with Crippen LogP contribution in [0.2, 0.25) is 0 Å². The highest BCUT2D eigenvalue weighted by Crippen LogP contribution is 2.47. The van der Waals surface area contributed by atoms with E-state index in [1.165, 1.54) is 24.3 Å². The van der Waals surface area contributed by atoms with Crippen molar-refractivity contribution in [1.82, 2.24) is 0 Å². The summed E-state index contributed by atoms with van der Waals surface area (Å²) >= 11 is 0. The van der Waals surface area contributed by atoms with Crippen molar-refractivity contribution in [2.75, 3.05) is 5.32 Å². The average molecular weight is 441 g/mol. The molecule has 0 radical (unpaired) electrons. The van der Waals surface area contributed by atoms with Crippen molar-refractivity contribution >= 4 is 34.4 Å². The summed E-state index contributed by atoms with van der Waals surface area (Å²) in [5.74, 6) is -7.34. The molecule has 0 aliphatic rings. The van der Waals surface area contributed by atoms with E-state index in [1.54, 1.807) is 66.7 Å². The fourth-order valence-electron chi connectivity index (χ4n) is 3.38. The molecule has 0 saturated carbocycles. The molecule has 31 heavy (non-hydrogen) atoms. The fourth-order valence-corrected chi connectivity index (χ4v) is 6.22. The summed E-state index contributed by atoms with van der Waals surface area (Å²) in [7, 11) is -4.15. The smallest absolute Gasteiger partial charge is 0.199 e. The summed E-state index contributed by atoms with van der Waals surface area (Å²) in [6.07, 6.45) is 0. The summed E-state index contributed by atoms with van der Waals surface area (Å²) in [4.78, 5) is 0. The highest BCUT2D eigenvalue weighted by atomic mass is 31.2. The number of nitrogens with one attached hydrogen (secondary N) is 1. The molecular weight excluding hydrogens is 425 g/mol. The lowest BCUT2D eigenvalue weighted by Gasteiger charge is -2.24. The molecule has 4 rings (SSSR count). The van der Waals surface area contributed by atoms with E-state index in [4.69, 9.17) is 0 Å². The van der Waals surface area contributed by atoms with Gasteiger partial charge in [0.1, 0.15) is 0 Å². The van der Waals surface area contributed by atoms with Gasteiger partial charge in [0.2, 0.25) is 0 Å². The zero-order chi connectivity index (χ0) is 22.0. The van der Waals surface area contributed by atoms with Crippen LogP contribution in [0.1, 0.15) is 0 Å². The number of anilines is 2. The molecule has 156 valence electrons. The Bertz CT molecular complexity index is 1220. The SMILES string of the molecule is O=P(c1ccccc1)(c1ccccc1)c1c(F)c(F)c(F)c(F)c1Nc1ccccc1. The molecule has 0 aliphatic heterocycles. The topological polar surface area (TPSA) is 29.1 Å². The molecule has 0 aromatic heterocycles. The number of benzene rings is 4. The van der Waals surface area contributed by atoms with Crippen LogP contribution in [0.3, 0.4) is 0 Å². The second kappa shape index (κ2) is 8.40. The molecule has 0 unspecified atom stereocenters. The van der Waals surface area contributed by atoms with Crippen molar-refractivity contribution in [2.45, 2.75) is 0 Å². The predicted octanol–water partition coefficient (Wildman–Crippen LogP) is 5.63. The quantitative estimate of drug-likeness (QED) is 0.188. The maximum Gasteiger partial charge on any atom is 0.199 e. The van der Waals surface area contributed by atoms with E-state index in [2.05, 4.69) is 5.32 Å². The number of hydrogen-bond acceptors (Lipinski definition) is 2. The van der Waals surface area contributed by atoms with Crippen LogP contribution in [-0.2, 0) is 4.57 Å². The lowest BCUT2D eigenvalue weighted by atomic mass is 10.2.